The average molecular weight is 450 g/mol. The first-order valence-corrected chi connectivity index (χ1v) is 12.4. The fourth-order valence-electron chi connectivity index (χ4n) is 4.13. The number of nitrogens with zero attached hydrogens (tertiary/aromatic N) is 3. The number of carbonyl (C=O) groups excluding carboxylic acids is 1. The molecule has 10 nitrogen and oxygen atoms in total. The third kappa shape index (κ3) is 4.42. The van der Waals surface area contributed by atoms with Gasteiger partial charge in [-0.2, -0.15) is 0 Å². The average Bonchev–Trinajstić information content (AvgIpc) is 3.56. The molecule has 0 atom stereocenters. The van der Waals surface area contributed by atoms with Gasteiger partial charge in [-0.3, -0.25) is 19.1 Å². The number of aromatic nitrogens is 3. The van der Waals surface area contributed by atoms with Crippen molar-refractivity contribution in [2.45, 2.75) is 45.1 Å². The Hall–Kier alpha value is -2.53. The maximum absolute atomic E-state index is 13.1. The smallest absolute Gasteiger partial charge is 0.329 e. The molecule has 2 aromatic rings. The number of piperidine rings is 1. The zero-order chi connectivity index (χ0) is 22.3. The normalized spacial score (nSPS) is 18.4. The van der Waals surface area contributed by atoms with E-state index in [0.717, 1.165) is 18.5 Å². The van der Waals surface area contributed by atoms with E-state index in [1.807, 2.05) is 0 Å². The number of aryl methyl sites for hydroxylation is 1. The Bertz CT molecular complexity index is 1240. The Morgan fingerprint density at radius 2 is 1.90 bits per heavy atom. The molecule has 168 valence electrons. The van der Waals surface area contributed by atoms with E-state index in [1.165, 1.54) is 15.1 Å². The lowest BCUT2D eigenvalue weighted by atomic mass is 9.98. The third-order valence-electron chi connectivity index (χ3n) is 6.12. The third-order valence-corrected chi connectivity index (χ3v) is 7.42. The summed E-state index contributed by atoms with van der Waals surface area (Å²) in [6.07, 6.45) is 4.46. The molecule has 1 aliphatic carbocycles. The molecular weight excluding hydrogens is 422 g/mol. The first-order valence-electron chi connectivity index (χ1n) is 10.6. The van der Waals surface area contributed by atoms with Gasteiger partial charge in [0, 0.05) is 37.8 Å². The number of H-pyrrole nitrogens is 1. The highest BCUT2D eigenvalue weighted by Gasteiger charge is 2.29. The molecule has 4 rings (SSSR count). The Labute approximate surface area is 179 Å². The first-order chi connectivity index (χ1) is 14.7. The molecule has 0 radical (unpaired) electrons. The summed E-state index contributed by atoms with van der Waals surface area (Å²) in [5, 5.41) is 3.03. The number of aromatic amines is 1. The summed E-state index contributed by atoms with van der Waals surface area (Å²) in [7, 11) is -3.20. The summed E-state index contributed by atoms with van der Waals surface area (Å²) in [6, 6.07) is 1.67. The van der Waals surface area contributed by atoms with Crippen molar-refractivity contribution >= 4 is 27.0 Å². The number of fused-ring (bicyclic) bond motifs is 1. The number of hydrogen-bond donors (Lipinski definition) is 2. The fraction of sp³-hybridized carbons (Fsp3) is 0.600. The van der Waals surface area contributed by atoms with Crippen LogP contribution in [0.1, 0.15) is 54.6 Å². The van der Waals surface area contributed by atoms with Gasteiger partial charge in [0.2, 0.25) is 10.0 Å². The van der Waals surface area contributed by atoms with Crippen LogP contribution < -0.4 is 16.6 Å². The van der Waals surface area contributed by atoms with Gasteiger partial charge < -0.3 is 5.32 Å². The summed E-state index contributed by atoms with van der Waals surface area (Å²) in [6.45, 7) is 3.38. The van der Waals surface area contributed by atoms with Gasteiger partial charge in [-0.05, 0) is 44.6 Å². The van der Waals surface area contributed by atoms with Gasteiger partial charge in [0.1, 0.15) is 0 Å². The van der Waals surface area contributed by atoms with Gasteiger partial charge in [-0.25, -0.2) is 22.5 Å². The Balaban J connectivity index is 1.59. The second kappa shape index (κ2) is 8.19. The van der Waals surface area contributed by atoms with Crippen LogP contribution in [0.25, 0.3) is 11.0 Å². The fourth-order valence-corrected chi connectivity index (χ4v) is 5.01. The van der Waals surface area contributed by atoms with E-state index >= 15 is 0 Å². The van der Waals surface area contributed by atoms with Gasteiger partial charge in [0.05, 0.1) is 17.2 Å². The van der Waals surface area contributed by atoms with E-state index in [2.05, 4.69) is 15.3 Å². The molecule has 0 spiro atoms. The van der Waals surface area contributed by atoms with Crippen molar-refractivity contribution in [2.75, 3.05) is 25.9 Å². The number of sulfonamides is 1. The Kier molecular flexibility index (Phi) is 5.73. The van der Waals surface area contributed by atoms with E-state index in [1.54, 1.807) is 13.0 Å². The van der Waals surface area contributed by atoms with Crippen LogP contribution in [0, 0.1) is 5.92 Å². The zero-order valence-corrected chi connectivity index (χ0v) is 18.5. The monoisotopic (exact) mass is 449 g/mol. The van der Waals surface area contributed by atoms with Crippen molar-refractivity contribution in [2.24, 2.45) is 5.92 Å². The highest BCUT2D eigenvalue weighted by atomic mass is 32.2. The predicted molar refractivity (Wildman–Crippen MR) is 116 cm³/mol. The molecule has 2 aromatic heterocycles. The minimum Gasteiger partial charge on any atom is -0.352 e. The summed E-state index contributed by atoms with van der Waals surface area (Å²) in [5.41, 5.74) is 0.0399. The van der Waals surface area contributed by atoms with Crippen molar-refractivity contribution in [3.05, 3.63) is 38.2 Å². The summed E-state index contributed by atoms with van der Waals surface area (Å²) < 4.78 is 26.2. The zero-order valence-electron chi connectivity index (χ0n) is 17.7. The largest absolute Gasteiger partial charge is 0.352 e. The molecular formula is C20H27N5O5S. The lowest BCUT2D eigenvalue weighted by Gasteiger charge is -2.30. The molecule has 2 fully saturated rings. The number of hydrogen-bond acceptors (Lipinski definition) is 6. The lowest BCUT2D eigenvalue weighted by molar-refractivity contribution is 0.0943. The van der Waals surface area contributed by atoms with Crippen LogP contribution in [0.4, 0.5) is 0 Å². The van der Waals surface area contributed by atoms with Crippen molar-refractivity contribution in [1.82, 2.24) is 24.2 Å². The van der Waals surface area contributed by atoms with Crippen LogP contribution in [0.5, 0.6) is 0 Å². The highest BCUT2D eigenvalue weighted by molar-refractivity contribution is 7.88. The van der Waals surface area contributed by atoms with Crippen molar-refractivity contribution in [3.63, 3.8) is 0 Å². The highest BCUT2D eigenvalue weighted by Crippen LogP contribution is 2.39. The van der Waals surface area contributed by atoms with Crippen LogP contribution in [0.15, 0.2) is 15.7 Å². The van der Waals surface area contributed by atoms with Crippen LogP contribution in [0.2, 0.25) is 0 Å². The van der Waals surface area contributed by atoms with E-state index in [4.69, 9.17) is 0 Å². The minimum absolute atomic E-state index is 0.121. The van der Waals surface area contributed by atoms with E-state index < -0.39 is 21.3 Å². The number of pyridine rings is 1. The van der Waals surface area contributed by atoms with E-state index in [-0.39, 0.29) is 34.3 Å². The molecule has 1 amide bonds. The second-order valence-corrected chi connectivity index (χ2v) is 10.4. The number of amides is 1. The first kappa shape index (κ1) is 21.7. The molecule has 3 heterocycles. The number of rotatable bonds is 6. The van der Waals surface area contributed by atoms with Gasteiger partial charge in [-0.1, -0.05) is 0 Å². The molecule has 31 heavy (non-hydrogen) atoms. The van der Waals surface area contributed by atoms with Gasteiger partial charge >= 0.3 is 5.69 Å². The van der Waals surface area contributed by atoms with Crippen molar-refractivity contribution in [1.29, 1.82) is 0 Å². The van der Waals surface area contributed by atoms with Crippen LogP contribution in [-0.2, 0) is 16.6 Å². The molecule has 2 aliphatic rings. The second-order valence-electron chi connectivity index (χ2n) is 8.39. The molecule has 11 heteroatoms. The lowest BCUT2D eigenvalue weighted by Crippen LogP contribution is -2.41. The predicted octanol–water partition coefficient (Wildman–Crippen LogP) is 0.384. The summed E-state index contributed by atoms with van der Waals surface area (Å²) in [5.74, 6) is 0.0210. The van der Waals surface area contributed by atoms with E-state index in [0.29, 0.717) is 39.0 Å². The molecule has 2 N–H and O–H groups in total. The number of nitrogens with one attached hydrogen (secondary N) is 2. The standard InChI is InChI=1S/C20H27N5O5S/c1-3-25-17-16(19(27)23-20(25)28)14(10-15(22-17)13-4-5-13)18(26)21-11-12-6-8-24(9-7-12)31(2,29)30/h10,12-13H,3-9,11H2,1-2H3,(H,21,26)(H,23,27,28). The van der Waals surface area contributed by atoms with E-state index in [9.17, 15) is 22.8 Å². The molecule has 0 bridgehead atoms. The quantitative estimate of drug-likeness (QED) is 0.655. The molecule has 1 aliphatic heterocycles. The van der Waals surface area contributed by atoms with Gasteiger partial charge in [0.15, 0.2) is 5.65 Å². The SMILES string of the molecule is CCn1c(=O)[nH]c(=O)c2c(C(=O)NCC3CCN(S(C)(=O)=O)CC3)cc(C3CC3)nc21. The van der Waals surface area contributed by atoms with Crippen molar-refractivity contribution < 1.29 is 13.2 Å². The maximum atomic E-state index is 13.1. The van der Waals surface area contributed by atoms with Gasteiger partial charge in [0.25, 0.3) is 11.5 Å². The molecule has 0 unspecified atom stereocenters. The number of carbonyl (C=O) groups is 1. The summed E-state index contributed by atoms with van der Waals surface area (Å²) >= 11 is 0. The van der Waals surface area contributed by atoms with Crippen molar-refractivity contribution in [3.8, 4) is 0 Å². The van der Waals surface area contributed by atoms with Crippen LogP contribution >= 0.6 is 0 Å². The van der Waals surface area contributed by atoms with Crippen LogP contribution in [0.3, 0.4) is 0 Å². The Morgan fingerprint density at radius 3 is 2.48 bits per heavy atom. The Morgan fingerprint density at radius 1 is 1.23 bits per heavy atom. The topological polar surface area (TPSA) is 134 Å². The minimum atomic E-state index is -3.20. The summed E-state index contributed by atoms with van der Waals surface area (Å²) in [4.78, 5) is 44.7. The molecule has 1 saturated carbocycles. The molecule has 0 aromatic carbocycles. The van der Waals surface area contributed by atoms with Gasteiger partial charge in [-0.15, -0.1) is 0 Å². The molecule has 1 saturated heterocycles. The van der Waals surface area contributed by atoms with Crippen LogP contribution in [-0.4, -0.2) is 59.1 Å². The maximum Gasteiger partial charge on any atom is 0.329 e.